The zero-order valence-electron chi connectivity index (χ0n) is 11.1. The first-order valence-electron chi connectivity index (χ1n) is 7.25. The van der Waals surface area contributed by atoms with Crippen molar-refractivity contribution in [3.05, 3.63) is 0 Å². The Kier molecular flexibility index (Phi) is 15.5. The van der Waals surface area contributed by atoms with Crippen molar-refractivity contribution in [3.8, 4) is 0 Å². The van der Waals surface area contributed by atoms with E-state index in [1.54, 1.807) is 0 Å². The highest BCUT2D eigenvalue weighted by molar-refractivity contribution is 6.13. The second-order valence-corrected chi connectivity index (χ2v) is 5.04. The molecule has 0 radical (unpaired) electrons. The number of hydrogen-bond acceptors (Lipinski definition) is 1. The van der Waals surface area contributed by atoms with Crippen LogP contribution in [0, 0.1) is 0 Å². The van der Waals surface area contributed by atoms with Crippen LogP contribution in [0.5, 0.6) is 0 Å². The van der Waals surface area contributed by atoms with E-state index in [0.717, 1.165) is 6.54 Å². The molecule has 0 rings (SSSR count). The van der Waals surface area contributed by atoms with Crippen molar-refractivity contribution in [2.75, 3.05) is 6.54 Å². The molecule has 98 valence electrons. The number of halogens is 1. The Bertz CT molecular complexity index is 103. The molecule has 0 saturated carbocycles. The van der Waals surface area contributed by atoms with E-state index in [0.29, 0.717) is 0 Å². The predicted octanol–water partition coefficient (Wildman–Crippen LogP) is 5.43. The van der Waals surface area contributed by atoms with Crippen LogP contribution in [0.25, 0.3) is 0 Å². The van der Waals surface area contributed by atoms with E-state index >= 15 is 0 Å². The van der Waals surface area contributed by atoms with Crippen LogP contribution in [-0.4, -0.2) is 6.54 Å². The van der Waals surface area contributed by atoms with Gasteiger partial charge in [0.25, 0.3) is 0 Å². The lowest BCUT2D eigenvalue weighted by Gasteiger charge is -2.02. The van der Waals surface area contributed by atoms with Gasteiger partial charge in [-0.3, -0.25) is 0 Å². The molecule has 0 atom stereocenters. The minimum absolute atomic E-state index is 0.957. The van der Waals surface area contributed by atoms with Crippen LogP contribution in [0.4, 0.5) is 0 Å². The molecule has 16 heavy (non-hydrogen) atoms. The second kappa shape index (κ2) is 15.2. The fourth-order valence-corrected chi connectivity index (χ4v) is 2.17. The summed E-state index contributed by atoms with van der Waals surface area (Å²) in [6.45, 7) is 3.23. The van der Waals surface area contributed by atoms with Crippen LogP contribution >= 0.6 is 11.8 Å². The fourth-order valence-electron chi connectivity index (χ4n) is 2.03. The highest BCUT2D eigenvalue weighted by Gasteiger charge is 1.92. The maximum atomic E-state index is 5.38. The standard InChI is InChI=1S/C14H30ClN/c1-2-3-4-5-6-7-8-9-10-11-12-13-14-16-15/h16H,2-14H2,1H3. The lowest BCUT2D eigenvalue weighted by Crippen LogP contribution is -1.99. The van der Waals surface area contributed by atoms with Crippen molar-refractivity contribution in [2.24, 2.45) is 0 Å². The summed E-state index contributed by atoms with van der Waals surface area (Å²) in [7, 11) is 0. The Morgan fingerprint density at radius 1 is 0.625 bits per heavy atom. The van der Waals surface area contributed by atoms with Gasteiger partial charge in [0.15, 0.2) is 0 Å². The van der Waals surface area contributed by atoms with E-state index in [2.05, 4.69) is 11.8 Å². The van der Waals surface area contributed by atoms with Crippen LogP contribution in [0.3, 0.4) is 0 Å². The third-order valence-electron chi connectivity index (χ3n) is 3.12. The van der Waals surface area contributed by atoms with Crippen molar-refractivity contribution >= 4 is 11.8 Å². The van der Waals surface area contributed by atoms with E-state index in [1.165, 1.54) is 77.0 Å². The topological polar surface area (TPSA) is 12.0 Å². The Morgan fingerprint density at radius 2 is 1.00 bits per heavy atom. The summed E-state index contributed by atoms with van der Waals surface area (Å²) in [6.07, 6.45) is 16.8. The molecule has 0 amide bonds. The van der Waals surface area contributed by atoms with E-state index < -0.39 is 0 Å². The first kappa shape index (κ1) is 16.2. The van der Waals surface area contributed by atoms with Gasteiger partial charge in [0.05, 0.1) is 0 Å². The summed E-state index contributed by atoms with van der Waals surface area (Å²) in [6, 6.07) is 0. The monoisotopic (exact) mass is 247 g/mol. The van der Waals surface area contributed by atoms with Gasteiger partial charge in [0.1, 0.15) is 0 Å². The number of nitrogens with one attached hydrogen (secondary N) is 1. The Hall–Kier alpha value is 0.250. The quantitative estimate of drug-likeness (QED) is 0.338. The zero-order chi connectivity index (χ0) is 11.9. The van der Waals surface area contributed by atoms with Crippen molar-refractivity contribution in [1.82, 2.24) is 4.84 Å². The van der Waals surface area contributed by atoms with Crippen LogP contribution < -0.4 is 4.84 Å². The normalized spacial score (nSPS) is 10.9. The minimum Gasteiger partial charge on any atom is -0.234 e. The molecular weight excluding hydrogens is 218 g/mol. The Morgan fingerprint density at radius 3 is 1.38 bits per heavy atom. The molecule has 0 fully saturated rings. The fraction of sp³-hybridized carbons (Fsp3) is 1.00. The molecule has 1 N–H and O–H groups in total. The molecule has 0 unspecified atom stereocenters. The van der Waals surface area contributed by atoms with Gasteiger partial charge >= 0.3 is 0 Å². The third kappa shape index (κ3) is 14.2. The predicted molar refractivity (Wildman–Crippen MR) is 74.9 cm³/mol. The molecule has 1 nitrogen and oxygen atoms in total. The summed E-state index contributed by atoms with van der Waals surface area (Å²) in [5, 5.41) is 0. The molecule has 0 saturated heterocycles. The van der Waals surface area contributed by atoms with Crippen LogP contribution in [0.1, 0.15) is 84.0 Å². The van der Waals surface area contributed by atoms with E-state index in [1.807, 2.05) is 0 Å². The second-order valence-electron chi connectivity index (χ2n) is 4.77. The first-order chi connectivity index (χ1) is 7.91. The average molecular weight is 248 g/mol. The SMILES string of the molecule is CCCCCCCCCCCCCCNCl. The van der Waals surface area contributed by atoms with Gasteiger partial charge in [0, 0.05) is 6.54 Å². The van der Waals surface area contributed by atoms with E-state index in [9.17, 15) is 0 Å². The number of hydrogen-bond donors (Lipinski definition) is 1. The molecule has 0 aromatic heterocycles. The highest BCUT2D eigenvalue weighted by Crippen LogP contribution is 2.11. The van der Waals surface area contributed by atoms with Gasteiger partial charge in [-0.25, -0.2) is 4.84 Å². The highest BCUT2D eigenvalue weighted by atomic mass is 35.5. The Balaban J connectivity index is 2.83. The molecule has 2 heteroatoms. The minimum atomic E-state index is 0.957. The summed E-state index contributed by atoms with van der Waals surface area (Å²) in [5.41, 5.74) is 0. The molecule has 0 spiro atoms. The van der Waals surface area contributed by atoms with Crippen molar-refractivity contribution in [2.45, 2.75) is 84.0 Å². The maximum Gasteiger partial charge on any atom is 0.0108 e. The summed E-state index contributed by atoms with van der Waals surface area (Å²) in [5.74, 6) is 0. The van der Waals surface area contributed by atoms with Crippen molar-refractivity contribution in [1.29, 1.82) is 0 Å². The molecule has 0 aromatic rings. The van der Waals surface area contributed by atoms with E-state index in [-0.39, 0.29) is 0 Å². The van der Waals surface area contributed by atoms with Gasteiger partial charge < -0.3 is 0 Å². The summed E-state index contributed by atoms with van der Waals surface area (Å²) >= 11 is 5.38. The molecule has 0 aliphatic rings. The van der Waals surface area contributed by atoms with Crippen molar-refractivity contribution in [3.63, 3.8) is 0 Å². The third-order valence-corrected chi connectivity index (χ3v) is 3.31. The molecule has 0 heterocycles. The van der Waals surface area contributed by atoms with Crippen LogP contribution in [0.2, 0.25) is 0 Å². The molecule has 0 aliphatic carbocycles. The smallest absolute Gasteiger partial charge is 0.0108 e. The molecule has 0 aromatic carbocycles. The Labute approximate surface area is 107 Å². The first-order valence-corrected chi connectivity index (χ1v) is 7.63. The van der Waals surface area contributed by atoms with Crippen LogP contribution in [-0.2, 0) is 0 Å². The summed E-state index contributed by atoms with van der Waals surface area (Å²) < 4.78 is 0. The number of unbranched alkanes of at least 4 members (excludes halogenated alkanes) is 11. The van der Waals surface area contributed by atoms with E-state index in [4.69, 9.17) is 11.8 Å². The lowest BCUT2D eigenvalue weighted by molar-refractivity contribution is 0.544. The average Bonchev–Trinajstić information content (AvgIpc) is 2.31. The lowest BCUT2D eigenvalue weighted by atomic mass is 10.1. The van der Waals surface area contributed by atoms with Gasteiger partial charge in [-0.15, -0.1) is 0 Å². The molecule has 0 bridgehead atoms. The number of rotatable bonds is 13. The zero-order valence-corrected chi connectivity index (χ0v) is 11.8. The molecular formula is C14H30ClN. The maximum absolute atomic E-state index is 5.38. The van der Waals surface area contributed by atoms with Gasteiger partial charge in [-0.1, -0.05) is 77.6 Å². The van der Waals surface area contributed by atoms with Gasteiger partial charge in [-0.2, -0.15) is 0 Å². The van der Waals surface area contributed by atoms with Gasteiger partial charge in [0.2, 0.25) is 0 Å². The molecule has 0 aliphatic heterocycles. The largest absolute Gasteiger partial charge is 0.234 e. The van der Waals surface area contributed by atoms with Crippen molar-refractivity contribution < 1.29 is 0 Å². The van der Waals surface area contributed by atoms with Gasteiger partial charge in [-0.05, 0) is 18.2 Å². The van der Waals surface area contributed by atoms with Crippen LogP contribution in [0.15, 0.2) is 0 Å². The summed E-state index contributed by atoms with van der Waals surface area (Å²) in [4.78, 5) is 2.68.